The number of carbonyl (C=O) groups is 1. The normalized spacial score (nSPS) is 10.7. The first-order chi connectivity index (χ1) is 11.0. The standard InChI is InChI=1S/C19H23NO3/c1-14(2)20(15(3)4)19(21)23-18-12-10-17(11-13-18)22-16-8-6-5-7-9-16/h5-15H,1-4H3. The number of benzene rings is 2. The number of carbonyl (C=O) groups excluding carboxylic acids is 1. The van der Waals surface area contributed by atoms with E-state index in [-0.39, 0.29) is 18.2 Å². The van der Waals surface area contributed by atoms with E-state index in [1.807, 2.05) is 58.0 Å². The number of hydrogen-bond acceptors (Lipinski definition) is 3. The summed E-state index contributed by atoms with van der Waals surface area (Å²) in [5.41, 5.74) is 0. The van der Waals surface area contributed by atoms with E-state index in [1.54, 1.807) is 29.2 Å². The minimum atomic E-state index is -0.341. The number of amides is 1. The molecule has 0 N–H and O–H groups in total. The first-order valence-corrected chi connectivity index (χ1v) is 7.80. The molecule has 0 heterocycles. The predicted octanol–water partition coefficient (Wildman–Crippen LogP) is 5.10. The molecule has 122 valence electrons. The van der Waals surface area contributed by atoms with Crippen LogP contribution in [0.4, 0.5) is 4.79 Å². The van der Waals surface area contributed by atoms with Crippen LogP contribution >= 0.6 is 0 Å². The molecular formula is C19H23NO3. The van der Waals surface area contributed by atoms with E-state index in [9.17, 15) is 4.79 Å². The highest BCUT2D eigenvalue weighted by Crippen LogP contribution is 2.24. The van der Waals surface area contributed by atoms with Crippen molar-refractivity contribution in [3.63, 3.8) is 0 Å². The van der Waals surface area contributed by atoms with Crippen LogP contribution in [0, 0.1) is 0 Å². The summed E-state index contributed by atoms with van der Waals surface area (Å²) in [6.45, 7) is 7.88. The zero-order valence-electron chi connectivity index (χ0n) is 14.0. The molecule has 0 unspecified atom stereocenters. The van der Waals surface area contributed by atoms with Crippen LogP contribution in [-0.4, -0.2) is 23.1 Å². The van der Waals surface area contributed by atoms with E-state index < -0.39 is 0 Å². The van der Waals surface area contributed by atoms with Crippen molar-refractivity contribution in [3.05, 3.63) is 54.6 Å². The van der Waals surface area contributed by atoms with Gasteiger partial charge in [-0.15, -0.1) is 0 Å². The number of ether oxygens (including phenoxy) is 2. The Balaban J connectivity index is 2.01. The SMILES string of the molecule is CC(C)N(C(=O)Oc1ccc(Oc2ccccc2)cc1)C(C)C. The van der Waals surface area contributed by atoms with Crippen LogP contribution in [-0.2, 0) is 0 Å². The largest absolute Gasteiger partial charge is 0.457 e. The highest BCUT2D eigenvalue weighted by Gasteiger charge is 2.22. The smallest absolute Gasteiger partial charge is 0.415 e. The van der Waals surface area contributed by atoms with Gasteiger partial charge >= 0.3 is 6.09 Å². The zero-order valence-corrected chi connectivity index (χ0v) is 14.0. The maximum atomic E-state index is 12.2. The van der Waals surface area contributed by atoms with Crippen molar-refractivity contribution in [3.8, 4) is 17.2 Å². The van der Waals surface area contributed by atoms with Crippen LogP contribution in [0.15, 0.2) is 54.6 Å². The summed E-state index contributed by atoms with van der Waals surface area (Å²) < 4.78 is 11.1. The molecule has 0 saturated heterocycles. The second-order valence-corrected chi connectivity index (χ2v) is 5.85. The summed E-state index contributed by atoms with van der Waals surface area (Å²) in [5, 5.41) is 0. The van der Waals surface area contributed by atoms with Gasteiger partial charge in [0.1, 0.15) is 17.2 Å². The maximum Gasteiger partial charge on any atom is 0.415 e. The third kappa shape index (κ3) is 4.74. The highest BCUT2D eigenvalue weighted by atomic mass is 16.6. The Morgan fingerprint density at radius 2 is 1.26 bits per heavy atom. The molecule has 23 heavy (non-hydrogen) atoms. The topological polar surface area (TPSA) is 38.8 Å². The van der Waals surface area contributed by atoms with Gasteiger partial charge in [0.2, 0.25) is 0 Å². The molecule has 4 heteroatoms. The molecule has 0 fully saturated rings. The minimum Gasteiger partial charge on any atom is -0.457 e. The number of para-hydroxylation sites is 1. The number of rotatable bonds is 5. The van der Waals surface area contributed by atoms with Crippen LogP contribution in [0.2, 0.25) is 0 Å². The van der Waals surface area contributed by atoms with Gasteiger partial charge in [-0.25, -0.2) is 4.79 Å². The Hall–Kier alpha value is -2.49. The average Bonchev–Trinajstić information content (AvgIpc) is 2.49. The van der Waals surface area contributed by atoms with E-state index in [0.717, 1.165) is 5.75 Å². The third-order valence-corrected chi connectivity index (χ3v) is 3.33. The molecule has 4 nitrogen and oxygen atoms in total. The molecule has 0 radical (unpaired) electrons. The summed E-state index contributed by atoms with van der Waals surface area (Å²) in [6.07, 6.45) is -0.341. The zero-order chi connectivity index (χ0) is 16.8. The highest BCUT2D eigenvalue weighted by molar-refractivity contribution is 5.71. The van der Waals surface area contributed by atoms with Crippen molar-refractivity contribution in [1.29, 1.82) is 0 Å². The van der Waals surface area contributed by atoms with Crippen LogP contribution in [0.5, 0.6) is 17.2 Å². The quantitative estimate of drug-likeness (QED) is 0.771. The van der Waals surface area contributed by atoms with Crippen molar-refractivity contribution in [2.24, 2.45) is 0 Å². The Morgan fingerprint density at radius 3 is 1.78 bits per heavy atom. The average molecular weight is 313 g/mol. The fourth-order valence-corrected chi connectivity index (χ4v) is 2.37. The van der Waals surface area contributed by atoms with Gasteiger partial charge in [0.15, 0.2) is 0 Å². The van der Waals surface area contributed by atoms with Gasteiger partial charge < -0.3 is 14.4 Å². The van der Waals surface area contributed by atoms with Crippen molar-refractivity contribution in [2.45, 2.75) is 39.8 Å². The molecule has 0 aromatic heterocycles. The molecule has 2 aromatic rings. The Kier molecular flexibility index (Phi) is 5.63. The molecule has 0 spiro atoms. The van der Waals surface area contributed by atoms with Crippen molar-refractivity contribution in [2.75, 3.05) is 0 Å². The van der Waals surface area contributed by atoms with Crippen molar-refractivity contribution in [1.82, 2.24) is 4.90 Å². The van der Waals surface area contributed by atoms with E-state index in [0.29, 0.717) is 11.5 Å². The molecule has 2 rings (SSSR count). The van der Waals surface area contributed by atoms with Gasteiger partial charge in [-0.05, 0) is 64.1 Å². The molecule has 0 atom stereocenters. The maximum absolute atomic E-state index is 12.2. The summed E-state index contributed by atoms with van der Waals surface area (Å²) in [6, 6.07) is 16.7. The summed E-state index contributed by atoms with van der Waals surface area (Å²) in [5.74, 6) is 1.96. The summed E-state index contributed by atoms with van der Waals surface area (Å²) >= 11 is 0. The van der Waals surface area contributed by atoms with Gasteiger partial charge in [0.25, 0.3) is 0 Å². The lowest BCUT2D eigenvalue weighted by Gasteiger charge is -2.29. The molecule has 0 aliphatic heterocycles. The predicted molar refractivity (Wildman–Crippen MR) is 91.1 cm³/mol. The molecule has 0 aliphatic rings. The van der Waals surface area contributed by atoms with Gasteiger partial charge in [-0.1, -0.05) is 18.2 Å². The second-order valence-electron chi connectivity index (χ2n) is 5.85. The van der Waals surface area contributed by atoms with E-state index >= 15 is 0 Å². The monoisotopic (exact) mass is 313 g/mol. The van der Waals surface area contributed by atoms with Gasteiger partial charge in [0, 0.05) is 12.1 Å². The van der Waals surface area contributed by atoms with Crippen molar-refractivity contribution >= 4 is 6.09 Å². The lowest BCUT2D eigenvalue weighted by atomic mass is 10.2. The first-order valence-electron chi connectivity index (χ1n) is 7.80. The molecule has 0 saturated carbocycles. The molecule has 0 aliphatic carbocycles. The van der Waals surface area contributed by atoms with E-state index in [2.05, 4.69) is 0 Å². The lowest BCUT2D eigenvalue weighted by Crippen LogP contribution is -2.43. The molecule has 1 amide bonds. The number of hydrogen-bond donors (Lipinski definition) is 0. The second kappa shape index (κ2) is 7.68. The van der Waals surface area contributed by atoms with Crippen molar-refractivity contribution < 1.29 is 14.3 Å². The Bertz CT molecular complexity index is 613. The van der Waals surface area contributed by atoms with Crippen LogP contribution in [0.1, 0.15) is 27.7 Å². The van der Waals surface area contributed by atoms with Gasteiger partial charge in [0.05, 0.1) is 0 Å². The van der Waals surface area contributed by atoms with Crippen LogP contribution < -0.4 is 9.47 Å². The Labute approximate surface area is 137 Å². The van der Waals surface area contributed by atoms with E-state index in [4.69, 9.17) is 9.47 Å². The first kappa shape index (κ1) is 16.9. The molecular weight excluding hydrogens is 290 g/mol. The van der Waals surface area contributed by atoms with Crippen LogP contribution in [0.25, 0.3) is 0 Å². The van der Waals surface area contributed by atoms with Crippen LogP contribution in [0.3, 0.4) is 0 Å². The lowest BCUT2D eigenvalue weighted by molar-refractivity contribution is 0.122. The fraction of sp³-hybridized carbons (Fsp3) is 0.316. The Morgan fingerprint density at radius 1 is 0.783 bits per heavy atom. The van der Waals surface area contributed by atoms with Gasteiger partial charge in [-0.3, -0.25) is 0 Å². The fourth-order valence-electron chi connectivity index (χ4n) is 2.37. The molecule has 0 bridgehead atoms. The third-order valence-electron chi connectivity index (χ3n) is 3.33. The summed E-state index contributed by atoms with van der Waals surface area (Å²) in [7, 11) is 0. The van der Waals surface area contributed by atoms with Gasteiger partial charge in [-0.2, -0.15) is 0 Å². The number of nitrogens with zero attached hydrogens (tertiary/aromatic N) is 1. The summed E-state index contributed by atoms with van der Waals surface area (Å²) in [4.78, 5) is 13.9. The van der Waals surface area contributed by atoms with E-state index in [1.165, 1.54) is 0 Å². The molecule has 2 aromatic carbocycles. The minimum absolute atomic E-state index is 0.0863.